The number of pyridine rings is 1. The van der Waals surface area contributed by atoms with E-state index in [-0.39, 0.29) is 5.97 Å². The highest BCUT2D eigenvalue weighted by molar-refractivity contribution is 9.10. The zero-order valence-corrected chi connectivity index (χ0v) is 11.7. The molecule has 5 heteroatoms. The lowest BCUT2D eigenvalue weighted by Gasteiger charge is -2.08. The summed E-state index contributed by atoms with van der Waals surface area (Å²) >= 11 is 3.35. The predicted octanol–water partition coefficient (Wildman–Crippen LogP) is 3.18. The summed E-state index contributed by atoms with van der Waals surface area (Å²) in [6.07, 6.45) is 1.69. The summed E-state index contributed by atoms with van der Waals surface area (Å²) in [4.78, 5) is 16.0. The molecular weight excluding hydrogens is 298 g/mol. The third-order valence-corrected chi connectivity index (χ3v) is 2.88. The maximum Gasteiger partial charge on any atom is 0.338 e. The third kappa shape index (κ3) is 2.46. The predicted molar refractivity (Wildman–Crippen MR) is 72.0 cm³/mol. The Balaban J connectivity index is 2.60. The van der Waals surface area contributed by atoms with Crippen LogP contribution < -0.4 is 4.74 Å². The Kier molecular flexibility index (Phi) is 3.81. The van der Waals surface area contributed by atoms with Crippen molar-refractivity contribution in [3.05, 3.63) is 34.4 Å². The molecule has 0 spiro atoms. The van der Waals surface area contributed by atoms with Crippen LogP contribution in [0.3, 0.4) is 0 Å². The number of ether oxygens (including phenoxy) is 2. The van der Waals surface area contributed by atoms with E-state index in [0.29, 0.717) is 23.4 Å². The molecule has 0 aliphatic rings. The summed E-state index contributed by atoms with van der Waals surface area (Å²) in [5.41, 5.74) is 1.18. The summed E-state index contributed by atoms with van der Waals surface area (Å²) in [5, 5.41) is 0.826. The molecule has 0 atom stereocenters. The van der Waals surface area contributed by atoms with Crippen LogP contribution in [0.25, 0.3) is 10.9 Å². The summed E-state index contributed by atoms with van der Waals surface area (Å²) in [6, 6.07) is 5.27. The van der Waals surface area contributed by atoms with E-state index in [9.17, 15) is 4.79 Å². The summed E-state index contributed by atoms with van der Waals surface area (Å²) in [5.74, 6) is 0.195. The Morgan fingerprint density at radius 2 is 2.17 bits per heavy atom. The molecule has 0 N–H and O–H groups in total. The van der Waals surface area contributed by atoms with E-state index < -0.39 is 0 Å². The minimum Gasteiger partial charge on any atom is -0.494 e. The molecule has 4 nitrogen and oxygen atoms in total. The van der Waals surface area contributed by atoms with E-state index in [2.05, 4.69) is 20.9 Å². The van der Waals surface area contributed by atoms with E-state index in [0.717, 1.165) is 9.86 Å². The van der Waals surface area contributed by atoms with Crippen molar-refractivity contribution in [1.29, 1.82) is 0 Å². The van der Waals surface area contributed by atoms with E-state index in [1.807, 2.05) is 6.07 Å². The second-order valence-corrected chi connectivity index (χ2v) is 4.54. The minimum absolute atomic E-state index is 0.343. The van der Waals surface area contributed by atoms with E-state index >= 15 is 0 Å². The summed E-state index contributed by atoms with van der Waals surface area (Å²) in [6.45, 7) is 2.12. The molecule has 0 aliphatic carbocycles. The Morgan fingerprint density at radius 3 is 2.83 bits per heavy atom. The number of carbonyl (C=O) groups excluding carboxylic acids is 1. The summed E-state index contributed by atoms with van der Waals surface area (Å²) in [7, 11) is 1.55. The van der Waals surface area contributed by atoms with Crippen LogP contribution in [0.2, 0.25) is 0 Å². The average molecular weight is 310 g/mol. The van der Waals surface area contributed by atoms with Gasteiger partial charge in [-0.3, -0.25) is 4.98 Å². The molecule has 0 radical (unpaired) electrons. The summed E-state index contributed by atoms with van der Waals surface area (Å²) < 4.78 is 11.1. The number of nitrogens with zero attached hydrogens (tertiary/aromatic N) is 1. The molecule has 0 saturated carbocycles. The third-order valence-electron chi connectivity index (χ3n) is 2.45. The van der Waals surface area contributed by atoms with E-state index in [1.54, 1.807) is 32.4 Å². The van der Waals surface area contributed by atoms with Gasteiger partial charge in [-0.2, -0.15) is 0 Å². The van der Waals surface area contributed by atoms with Gasteiger partial charge in [-0.25, -0.2) is 4.79 Å². The molecule has 2 aromatic rings. The van der Waals surface area contributed by atoms with Gasteiger partial charge >= 0.3 is 5.97 Å². The van der Waals surface area contributed by atoms with Gasteiger partial charge in [-0.05, 0) is 41.1 Å². The fourth-order valence-electron chi connectivity index (χ4n) is 1.68. The number of hydrogen-bond acceptors (Lipinski definition) is 4. The van der Waals surface area contributed by atoms with Gasteiger partial charge in [0, 0.05) is 16.1 Å². The number of halogens is 1. The number of fused-ring (bicyclic) bond motifs is 1. The van der Waals surface area contributed by atoms with Crippen LogP contribution in [0.4, 0.5) is 0 Å². The molecule has 0 unspecified atom stereocenters. The number of rotatable bonds is 3. The number of esters is 1. The van der Waals surface area contributed by atoms with Crippen molar-refractivity contribution in [3.63, 3.8) is 0 Å². The zero-order chi connectivity index (χ0) is 13.1. The van der Waals surface area contributed by atoms with E-state index in [1.165, 1.54) is 0 Å². The van der Waals surface area contributed by atoms with Gasteiger partial charge in [0.25, 0.3) is 0 Å². The molecule has 0 aliphatic heterocycles. The lowest BCUT2D eigenvalue weighted by Crippen LogP contribution is -2.05. The molecule has 2 rings (SSSR count). The minimum atomic E-state index is -0.363. The highest BCUT2D eigenvalue weighted by Gasteiger charge is 2.12. The van der Waals surface area contributed by atoms with Crippen LogP contribution in [0.15, 0.2) is 28.9 Å². The van der Waals surface area contributed by atoms with Crippen molar-refractivity contribution in [1.82, 2.24) is 4.98 Å². The number of hydrogen-bond donors (Lipinski definition) is 0. The Hall–Kier alpha value is -1.62. The zero-order valence-electron chi connectivity index (χ0n) is 10.1. The van der Waals surface area contributed by atoms with Crippen molar-refractivity contribution in [2.75, 3.05) is 13.7 Å². The van der Waals surface area contributed by atoms with Gasteiger partial charge in [0.15, 0.2) is 0 Å². The first kappa shape index (κ1) is 12.8. The van der Waals surface area contributed by atoms with Gasteiger partial charge in [-0.1, -0.05) is 0 Å². The van der Waals surface area contributed by atoms with Gasteiger partial charge in [0.2, 0.25) is 0 Å². The molecule has 0 saturated heterocycles. The van der Waals surface area contributed by atoms with Crippen LogP contribution >= 0.6 is 15.9 Å². The second kappa shape index (κ2) is 5.35. The molecular formula is C13H12BrNO3. The molecule has 1 aromatic carbocycles. The number of aromatic nitrogens is 1. The monoisotopic (exact) mass is 309 g/mol. The quantitative estimate of drug-likeness (QED) is 0.817. The average Bonchev–Trinajstić information content (AvgIpc) is 2.37. The molecule has 1 heterocycles. The normalized spacial score (nSPS) is 10.4. The van der Waals surface area contributed by atoms with Crippen molar-refractivity contribution in [2.24, 2.45) is 0 Å². The lowest BCUT2D eigenvalue weighted by molar-refractivity contribution is 0.0526. The molecule has 1 aromatic heterocycles. The Morgan fingerprint density at radius 1 is 1.39 bits per heavy atom. The van der Waals surface area contributed by atoms with Crippen LogP contribution in [-0.2, 0) is 4.74 Å². The fourth-order valence-corrected chi connectivity index (χ4v) is 2.03. The highest BCUT2D eigenvalue weighted by atomic mass is 79.9. The van der Waals surface area contributed by atoms with Gasteiger partial charge in [-0.15, -0.1) is 0 Å². The van der Waals surface area contributed by atoms with Crippen LogP contribution in [0.1, 0.15) is 17.3 Å². The fraction of sp³-hybridized carbons (Fsp3) is 0.231. The maximum absolute atomic E-state index is 11.7. The highest BCUT2D eigenvalue weighted by Crippen LogP contribution is 2.28. The number of benzene rings is 1. The van der Waals surface area contributed by atoms with Gasteiger partial charge < -0.3 is 9.47 Å². The first-order valence-corrected chi connectivity index (χ1v) is 6.25. The molecule has 0 bridgehead atoms. The Labute approximate surface area is 113 Å². The lowest BCUT2D eigenvalue weighted by atomic mass is 10.1. The number of carbonyl (C=O) groups is 1. The molecule has 0 fully saturated rings. The molecule has 18 heavy (non-hydrogen) atoms. The molecule has 94 valence electrons. The SMILES string of the molecule is CCOC(=O)c1cc(OC)c2ncc(Br)cc2c1. The van der Waals surface area contributed by atoms with Crippen LogP contribution in [0, 0.1) is 0 Å². The van der Waals surface area contributed by atoms with Crippen LogP contribution in [-0.4, -0.2) is 24.7 Å². The smallest absolute Gasteiger partial charge is 0.338 e. The van der Waals surface area contributed by atoms with E-state index in [4.69, 9.17) is 9.47 Å². The molecule has 0 amide bonds. The van der Waals surface area contributed by atoms with Crippen molar-refractivity contribution < 1.29 is 14.3 Å². The Bertz CT molecular complexity index is 598. The van der Waals surface area contributed by atoms with Crippen molar-refractivity contribution in [2.45, 2.75) is 6.92 Å². The second-order valence-electron chi connectivity index (χ2n) is 3.62. The van der Waals surface area contributed by atoms with Crippen molar-refractivity contribution in [3.8, 4) is 5.75 Å². The van der Waals surface area contributed by atoms with Crippen molar-refractivity contribution >= 4 is 32.8 Å². The topological polar surface area (TPSA) is 48.4 Å². The largest absolute Gasteiger partial charge is 0.494 e. The van der Waals surface area contributed by atoms with Crippen LogP contribution in [0.5, 0.6) is 5.75 Å². The first-order valence-electron chi connectivity index (χ1n) is 5.46. The van der Waals surface area contributed by atoms with Gasteiger partial charge in [0.05, 0.1) is 19.3 Å². The first-order chi connectivity index (χ1) is 8.65. The maximum atomic E-state index is 11.7. The standard InChI is InChI=1S/C13H12BrNO3/c1-3-18-13(16)9-4-8-5-10(14)7-15-12(8)11(6-9)17-2/h4-7H,3H2,1-2H3. The number of methoxy groups -OCH3 is 1. The van der Waals surface area contributed by atoms with Gasteiger partial charge in [0.1, 0.15) is 11.3 Å².